The van der Waals surface area contributed by atoms with Crippen molar-refractivity contribution < 1.29 is 17.0 Å². The molecule has 5 nitrogen and oxygen atoms in total. The van der Waals surface area contributed by atoms with Crippen LogP contribution in [0.5, 0.6) is 0 Å². The summed E-state index contributed by atoms with van der Waals surface area (Å²) in [6.07, 6.45) is 0.467. The minimum Gasteiger partial charge on any atom is -0.368 e. The van der Waals surface area contributed by atoms with E-state index < -0.39 is 16.2 Å². The van der Waals surface area contributed by atoms with Crippen LogP contribution in [0.4, 0.5) is 15.8 Å². The number of benzene rings is 2. The molecule has 1 saturated heterocycles. The van der Waals surface area contributed by atoms with Gasteiger partial charge in [0.25, 0.3) is 10.1 Å². The average molecular weight is 413 g/mol. The smallest absolute Gasteiger partial charge is 0.264 e. The van der Waals surface area contributed by atoms with Crippen LogP contribution >= 0.6 is 11.6 Å². The molecule has 0 amide bonds. The van der Waals surface area contributed by atoms with Gasteiger partial charge in [0.05, 0.1) is 11.9 Å². The van der Waals surface area contributed by atoms with E-state index >= 15 is 0 Å². The molecule has 1 aliphatic rings. The van der Waals surface area contributed by atoms with Crippen LogP contribution in [0.1, 0.15) is 18.6 Å². The quantitative estimate of drug-likeness (QED) is 0.698. The maximum Gasteiger partial charge on any atom is 0.264 e. The third-order valence-electron chi connectivity index (χ3n) is 4.56. The zero-order valence-electron chi connectivity index (χ0n) is 15.2. The molecule has 1 fully saturated rings. The Morgan fingerprint density at radius 1 is 1.04 bits per heavy atom. The van der Waals surface area contributed by atoms with E-state index in [4.69, 9.17) is 15.8 Å². The number of hydrogen-bond acceptors (Lipinski definition) is 5. The van der Waals surface area contributed by atoms with Crippen molar-refractivity contribution in [1.82, 2.24) is 0 Å². The Morgan fingerprint density at radius 3 is 2.22 bits per heavy atom. The number of para-hydroxylation sites is 1. The van der Waals surface area contributed by atoms with Crippen LogP contribution in [-0.4, -0.2) is 40.9 Å². The number of hydrogen-bond donors (Lipinski definition) is 0. The highest BCUT2D eigenvalue weighted by molar-refractivity contribution is 7.86. The van der Waals surface area contributed by atoms with Crippen molar-refractivity contribution in [3.63, 3.8) is 0 Å². The molecule has 1 heterocycles. The molecule has 8 heteroatoms. The molecule has 27 heavy (non-hydrogen) atoms. The highest BCUT2D eigenvalue weighted by Crippen LogP contribution is 2.31. The first kappa shape index (κ1) is 19.9. The average Bonchev–Trinajstić information content (AvgIpc) is 2.60. The molecule has 0 N–H and O–H groups in total. The number of anilines is 2. The third-order valence-corrected chi connectivity index (χ3v) is 5.44. The van der Waals surface area contributed by atoms with Crippen molar-refractivity contribution in [1.29, 1.82) is 0 Å². The summed E-state index contributed by atoms with van der Waals surface area (Å²) in [5, 5.41) is 0.378. The Labute approximate surface area is 164 Å². The molecule has 0 aliphatic carbocycles. The molecular weight excluding hydrogens is 391 g/mol. The topological polar surface area (TPSA) is 49.9 Å². The van der Waals surface area contributed by atoms with Gasteiger partial charge in [0.15, 0.2) is 0 Å². The first-order chi connectivity index (χ1) is 12.7. The zero-order chi connectivity index (χ0) is 19.6. The predicted molar refractivity (Wildman–Crippen MR) is 107 cm³/mol. The number of nitrogens with zero attached hydrogens (tertiary/aromatic N) is 2. The highest BCUT2D eigenvalue weighted by Gasteiger charge is 2.24. The van der Waals surface area contributed by atoms with Gasteiger partial charge in [0.1, 0.15) is 11.9 Å². The maximum atomic E-state index is 14.2. The lowest BCUT2D eigenvalue weighted by molar-refractivity contribution is 0.237. The van der Waals surface area contributed by atoms with E-state index in [1.807, 2.05) is 29.2 Å². The Balaban J connectivity index is 1.75. The van der Waals surface area contributed by atoms with Crippen molar-refractivity contribution in [2.45, 2.75) is 13.0 Å². The van der Waals surface area contributed by atoms with Crippen molar-refractivity contribution >= 4 is 33.1 Å². The van der Waals surface area contributed by atoms with Crippen LogP contribution in [0.25, 0.3) is 0 Å². The molecule has 0 aromatic heterocycles. The molecule has 146 valence electrons. The van der Waals surface area contributed by atoms with E-state index in [9.17, 15) is 12.8 Å². The third kappa shape index (κ3) is 4.91. The molecule has 1 unspecified atom stereocenters. The van der Waals surface area contributed by atoms with Gasteiger partial charge < -0.3 is 9.80 Å². The Hall–Kier alpha value is -1.83. The number of rotatable bonds is 5. The summed E-state index contributed by atoms with van der Waals surface area (Å²) in [5.74, 6) is -0.327. The second kappa shape index (κ2) is 8.04. The van der Waals surface area contributed by atoms with Gasteiger partial charge in [-0.1, -0.05) is 29.8 Å². The van der Waals surface area contributed by atoms with Gasteiger partial charge in [-0.05, 0) is 31.2 Å². The fourth-order valence-electron chi connectivity index (χ4n) is 3.36. The minimum absolute atomic E-state index is 0.327. The first-order valence-corrected chi connectivity index (χ1v) is 10.9. The van der Waals surface area contributed by atoms with Gasteiger partial charge in [0.2, 0.25) is 0 Å². The maximum absolute atomic E-state index is 14.2. The molecule has 1 atom stereocenters. The Kier molecular flexibility index (Phi) is 5.93. The number of halogens is 2. The van der Waals surface area contributed by atoms with Gasteiger partial charge in [-0.25, -0.2) is 4.39 Å². The summed E-state index contributed by atoms with van der Waals surface area (Å²) in [7, 11) is -3.55. The van der Waals surface area contributed by atoms with Crippen LogP contribution in [0, 0.1) is 5.82 Å². The molecular formula is C19H22ClFN2O3S. The molecule has 1 aliphatic heterocycles. The van der Waals surface area contributed by atoms with Crippen LogP contribution in [0.2, 0.25) is 5.02 Å². The van der Waals surface area contributed by atoms with E-state index in [-0.39, 0.29) is 5.82 Å². The fraction of sp³-hybridized carbons (Fsp3) is 0.368. The first-order valence-electron chi connectivity index (χ1n) is 8.67. The lowest BCUT2D eigenvalue weighted by Crippen LogP contribution is -2.47. The zero-order valence-corrected chi connectivity index (χ0v) is 16.8. The molecule has 0 spiro atoms. The molecule has 0 radical (unpaired) electrons. The molecule has 0 saturated carbocycles. The fourth-order valence-corrected chi connectivity index (χ4v) is 4.15. The van der Waals surface area contributed by atoms with E-state index in [1.165, 1.54) is 6.07 Å². The largest absolute Gasteiger partial charge is 0.368 e. The predicted octanol–water partition coefficient (Wildman–Crippen LogP) is 3.84. The minimum atomic E-state index is -3.55. The van der Waals surface area contributed by atoms with Crippen molar-refractivity contribution in [3.05, 3.63) is 58.9 Å². The van der Waals surface area contributed by atoms with Crippen LogP contribution in [-0.2, 0) is 14.3 Å². The van der Waals surface area contributed by atoms with Crippen molar-refractivity contribution in [2.24, 2.45) is 0 Å². The Bertz CT molecular complexity index is 915. The van der Waals surface area contributed by atoms with Gasteiger partial charge in [-0.15, -0.1) is 0 Å². The summed E-state index contributed by atoms with van der Waals surface area (Å²) in [4.78, 5) is 4.16. The summed E-state index contributed by atoms with van der Waals surface area (Å²) < 4.78 is 42.3. The molecule has 2 aromatic carbocycles. The summed E-state index contributed by atoms with van der Waals surface area (Å²) in [5.41, 5.74) is 2.29. The summed E-state index contributed by atoms with van der Waals surface area (Å²) in [6, 6.07) is 12.3. The number of piperazine rings is 1. The van der Waals surface area contributed by atoms with Crippen LogP contribution in [0.3, 0.4) is 0 Å². The standard InChI is InChI=1S/C19H22ClFN2O3S/c1-14(26-27(2,24)25)16-5-3-4-6-18(16)22-9-11-23(12-10-22)19-8-7-15(20)13-17(19)21/h3-8,13-14H,9-12H2,1-2H3. The van der Waals surface area contributed by atoms with Gasteiger partial charge >= 0.3 is 0 Å². The second-order valence-corrected chi connectivity index (χ2v) is 8.61. The van der Waals surface area contributed by atoms with Crippen LogP contribution < -0.4 is 9.80 Å². The lowest BCUT2D eigenvalue weighted by Gasteiger charge is -2.38. The molecule has 0 bridgehead atoms. The summed E-state index contributed by atoms with van der Waals surface area (Å²) in [6.45, 7) is 4.39. The van der Waals surface area contributed by atoms with E-state index in [0.717, 1.165) is 17.5 Å². The van der Waals surface area contributed by atoms with Gasteiger partial charge in [0, 0.05) is 42.5 Å². The van der Waals surface area contributed by atoms with Crippen molar-refractivity contribution in [2.75, 3.05) is 42.2 Å². The monoisotopic (exact) mass is 412 g/mol. The lowest BCUT2D eigenvalue weighted by atomic mass is 10.1. The molecule has 2 aromatic rings. The van der Waals surface area contributed by atoms with Crippen molar-refractivity contribution in [3.8, 4) is 0 Å². The van der Waals surface area contributed by atoms with Crippen LogP contribution in [0.15, 0.2) is 42.5 Å². The van der Waals surface area contributed by atoms with Gasteiger partial charge in [-0.2, -0.15) is 8.42 Å². The van der Waals surface area contributed by atoms with Gasteiger partial charge in [-0.3, -0.25) is 4.18 Å². The SMILES string of the molecule is CC(OS(C)(=O)=O)c1ccccc1N1CCN(c2ccc(Cl)cc2F)CC1. The van der Waals surface area contributed by atoms with E-state index in [1.54, 1.807) is 19.1 Å². The second-order valence-electron chi connectivity index (χ2n) is 6.57. The highest BCUT2D eigenvalue weighted by atomic mass is 35.5. The molecule has 3 rings (SSSR count). The Morgan fingerprint density at radius 2 is 1.63 bits per heavy atom. The van der Waals surface area contributed by atoms with E-state index in [0.29, 0.717) is 36.9 Å². The normalized spacial score (nSPS) is 16.4. The summed E-state index contributed by atoms with van der Waals surface area (Å²) >= 11 is 5.83. The van der Waals surface area contributed by atoms with E-state index in [2.05, 4.69) is 4.90 Å².